The van der Waals surface area contributed by atoms with Gasteiger partial charge in [-0.1, -0.05) is 37.3 Å². The minimum Gasteiger partial charge on any atom is -0.351 e. The van der Waals surface area contributed by atoms with Crippen LogP contribution in [-0.4, -0.2) is 43.8 Å². The predicted molar refractivity (Wildman–Crippen MR) is 111 cm³/mol. The summed E-state index contributed by atoms with van der Waals surface area (Å²) in [4.78, 5) is 22.5. The first-order chi connectivity index (χ1) is 13.3. The maximum absolute atomic E-state index is 12.5. The Morgan fingerprint density at radius 1 is 1.21 bits per heavy atom. The van der Waals surface area contributed by atoms with Crippen molar-refractivity contribution in [3.63, 3.8) is 0 Å². The standard InChI is InChI=1S/C21H28N6O/c1-14-11-26(12-15-8-6-5-7-9-15)13-17(14)23-20-24-18-16(19(28)25-20)10-22-27(18)21(2,3)4/h5-10,14,17H,11-13H2,1-4H3,(H2,23,24,25,28). The van der Waals surface area contributed by atoms with Crippen LogP contribution in [0.2, 0.25) is 0 Å². The molecule has 0 amide bonds. The summed E-state index contributed by atoms with van der Waals surface area (Å²) in [6.07, 6.45) is 1.59. The number of H-pyrrole nitrogens is 1. The van der Waals surface area contributed by atoms with E-state index in [1.165, 1.54) is 5.56 Å². The molecule has 0 bridgehead atoms. The summed E-state index contributed by atoms with van der Waals surface area (Å²) in [6.45, 7) is 11.2. The highest BCUT2D eigenvalue weighted by atomic mass is 16.1. The lowest BCUT2D eigenvalue weighted by Crippen LogP contribution is -2.30. The first kappa shape index (κ1) is 18.7. The van der Waals surface area contributed by atoms with Crippen LogP contribution in [0.25, 0.3) is 11.0 Å². The van der Waals surface area contributed by atoms with Crippen LogP contribution in [-0.2, 0) is 12.1 Å². The van der Waals surface area contributed by atoms with Gasteiger partial charge in [0.05, 0.1) is 11.7 Å². The molecule has 2 aromatic heterocycles. The zero-order chi connectivity index (χ0) is 19.9. The Labute approximate surface area is 164 Å². The molecule has 1 fully saturated rings. The van der Waals surface area contributed by atoms with E-state index in [4.69, 9.17) is 0 Å². The van der Waals surface area contributed by atoms with Crippen LogP contribution in [0.3, 0.4) is 0 Å². The lowest BCUT2D eigenvalue weighted by Gasteiger charge is -2.21. The van der Waals surface area contributed by atoms with Crippen LogP contribution in [0, 0.1) is 5.92 Å². The molecule has 148 valence electrons. The number of benzene rings is 1. The van der Waals surface area contributed by atoms with Crippen molar-refractivity contribution >= 4 is 17.0 Å². The van der Waals surface area contributed by atoms with Gasteiger partial charge in [0.2, 0.25) is 5.95 Å². The summed E-state index contributed by atoms with van der Waals surface area (Å²) in [5.41, 5.74) is 1.53. The molecule has 4 rings (SSSR count). The van der Waals surface area contributed by atoms with Crippen molar-refractivity contribution in [3.8, 4) is 0 Å². The predicted octanol–water partition coefficient (Wildman–Crippen LogP) is 2.81. The number of aromatic amines is 1. The summed E-state index contributed by atoms with van der Waals surface area (Å²) in [5, 5.41) is 8.35. The number of rotatable bonds is 4. The molecule has 1 aliphatic rings. The maximum atomic E-state index is 12.5. The van der Waals surface area contributed by atoms with Crippen LogP contribution in [0.4, 0.5) is 5.95 Å². The fourth-order valence-corrected chi connectivity index (χ4v) is 3.88. The topological polar surface area (TPSA) is 78.8 Å². The van der Waals surface area contributed by atoms with Crippen molar-refractivity contribution in [3.05, 3.63) is 52.4 Å². The van der Waals surface area contributed by atoms with E-state index >= 15 is 0 Å². The van der Waals surface area contributed by atoms with Crippen molar-refractivity contribution < 1.29 is 0 Å². The minimum atomic E-state index is -0.243. The molecule has 1 aliphatic heterocycles. The quantitative estimate of drug-likeness (QED) is 0.728. The molecular formula is C21H28N6O. The Kier molecular flexibility index (Phi) is 4.71. The van der Waals surface area contributed by atoms with E-state index in [1.807, 2.05) is 10.7 Å². The molecule has 2 atom stereocenters. The maximum Gasteiger partial charge on any atom is 0.263 e. The van der Waals surface area contributed by atoms with E-state index in [2.05, 4.69) is 77.2 Å². The van der Waals surface area contributed by atoms with Crippen LogP contribution < -0.4 is 10.9 Å². The molecule has 0 saturated carbocycles. The molecule has 28 heavy (non-hydrogen) atoms. The van der Waals surface area contributed by atoms with Gasteiger partial charge in [0.1, 0.15) is 5.39 Å². The first-order valence-corrected chi connectivity index (χ1v) is 9.82. The molecule has 2 N–H and O–H groups in total. The smallest absolute Gasteiger partial charge is 0.263 e. The summed E-state index contributed by atoms with van der Waals surface area (Å²) in [7, 11) is 0. The van der Waals surface area contributed by atoms with Gasteiger partial charge in [-0.15, -0.1) is 0 Å². The van der Waals surface area contributed by atoms with Gasteiger partial charge in [0.15, 0.2) is 5.65 Å². The Balaban J connectivity index is 1.54. The number of hydrogen-bond acceptors (Lipinski definition) is 5. The fourth-order valence-electron chi connectivity index (χ4n) is 3.88. The third-order valence-electron chi connectivity index (χ3n) is 5.33. The van der Waals surface area contributed by atoms with Crippen LogP contribution in [0.15, 0.2) is 41.3 Å². The van der Waals surface area contributed by atoms with Crippen LogP contribution in [0.5, 0.6) is 0 Å². The zero-order valence-electron chi connectivity index (χ0n) is 16.9. The Morgan fingerprint density at radius 2 is 1.96 bits per heavy atom. The van der Waals surface area contributed by atoms with Crippen LogP contribution >= 0.6 is 0 Å². The second-order valence-electron chi connectivity index (χ2n) is 8.79. The highest BCUT2D eigenvalue weighted by molar-refractivity contribution is 5.74. The van der Waals surface area contributed by atoms with E-state index in [1.54, 1.807) is 6.20 Å². The van der Waals surface area contributed by atoms with Gasteiger partial charge in [0, 0.05) is 25.7 Å². The number of likely N-dealkylation sites (tertiary alicyclic amines) is 1. The van der Waals surface area contributed by atoms with Gasteiger partial charge in [-0.2, -0.15) is 10.1 Å². The second kappa shape index (κ2) is 7.05. The van der Waals surface area contributed by atoms with Gasteiger partial charge in [-0.25, -0.2) is 4.68 Å². The van der Waals surface area contributed by atoms with Crippen molar-refractivity contribution in [2.45, 2.75) is 45.8 Å². The molecule has 2 unspecified atom stereocenters. The zero-order valence-corrected chi connectivity index (χ0v) is 16.9. The number of anilines is 1. The Hall–Kier alpha value is -2.67. The monoisotopic (exact) mass is 380 g/mol. The fraction of sp³-hybridized carbons (Fsp3) is 0.476. The molecule has 3 heterocycles. The van der Waals surface area contributed by atoms with Gasteiger partial charge < -0.3 is 5.32 Å². The normalized spacial score (nSPS) is 20.7. The van der Waals surface area contributed by atoms with E-state index in [9.17, 15) is 4.79 Å². The summed E-state index contributed by atoms with van der Waals surface area (Å²) >= 11 is 0. The molecule has 7 heteroatoms. The lowest BCUT2D eigenvalue weighted by molar-refractivity contribution is 0.319. The van der Waals surface area contributed by atoms with Crippen molar-refractivity contribution in [1.29, 1.82) is 0 Å². The first-order valence-electron chi connectivity index (χ1n) is 9.82. The van der Waals surface area contributed by atoms with E-state index in [0.29, 0.717) is 22.9 Å². The number of nitrogens with one attached hydrogen (secondary N) is 2. The Morgan fingerprint density at radius 3 is 2.68 bits per heavy atom. The van der Waals surface area contributed by atoms with Crippen molar-refractivity contribution in [1.82, 2.24) is 24.6 Å². The van der Waals surface area contributed by atoms with Crippen LogP contribution in [0.1, 0.15) is 33.3 Å². The highest BCUT2D eigenvalue weighted by Gasteiger charge is 2.30. The lowest BCUT2D eigenvalue weighted by atomic mass is 10.1. The molecule has 1 aromatic carbocycles. The number of hydrogen-bond donors (Lipinski definition) is 2. The van der Waals surface area contributed by atoms with Gasteiger partial charge in [0.25, 0.3) is 5.56 Å². The molecular weight excluding hydrogens is 352 g/mol. The molecule has 0 aliphatic carbocycles. The average molecular weight is 380 g/mol. The molecule has 0 spiro atoms. The van der Waals surface area contributed by atoms with Gasteiger partial charge in [-0.05, 0) is 32.3 Å². The number of fused-ring (bicyclic) bond motifs is 1. The van der Waals surface area contributed by atoms with E-state index in [-0.39, 0.29) is 17.1 Å². The van der Waals surface area contributed by atoms with Crippen molar-refractivity contribution in [2.24, 2.45) is 5.92 Å². The largest absolute Gasteiger partial charge is 0.351 e. The summed E-state index contributed by atoms with van der Waals surface area (Å²) in [6, 6.07) is 10.7. The summed E-state index contributed by atoms with van der Waals surface area (Å²) < 4.78 is 1.81. The van der Waals surface area contributed by atoms with Crippen molar-refractivity contribution in [2.75, 3.05) is 18.4 Å². The third-order valence-corrected chi connectivity index (χ3v) is 5.33. The second-order valence-corrected chi connectivity index (χ2v) is 8.79. The molecule has 0 radical (unpaired) electrons. The van der Waals surface area contributed by atoms with E-state index in [0.717, 1.165) is 19.6 Å². The Bertz CT molecular complexity index is 1020. The van der Waals surface area contributed by atoms with Gasteiger partial charge >= 0.3 is 0 Å². The number of aromatic nitrogens is 4. The van der Waals surface area contributed by atoms with E-state index < -0.39 is 0 Å². The highest BCUT2D eigenvalue weighted by Crippen LogP contribution is 2.23. The SMILES string of the molecule is CC1CN(Cc2ccccc2)CC1Nc1nc2c(cnn2C(C)(C)C)c(=O)[nH]1. The molecule has 1 saturated heterocycles. The molecule has 3 aromatic rings. The minimum absolute atomic E-state index is 0.158. The average Bonchev–Trinajstić information content (AvgIpc) is 3.20. The number of nitrogens with zero attached hydrogens (tertiary/aromatic N) is 4. The van der Waals surface area contributed by atoms with Gasteiger partial charge in [-0.3, -0.25) is 14.7 Å². The summed E-state index contributed by atoms with van der Waals surface area (Å²) in [5.74, 6) is 0.971. The molecule has 7 nitrogen and oxygen atoms in total. The third kappa shape index (κ3) is 3.67.